The summed E-state index contributed by atoms with van der Waals surface area (Å²) in [6.07, 6.45) is -3.75. The summed E-state index contributed by atoms with van der Waals surface area (Å²) in [4.78, 5) is 13.0. The summed E-state index contributed by atoms with van der Waals surface area (Å²) in [5.74, 6) is 0.179. The molecular weight excluding hydrogens is 461 g/mol. The highest BCUT2D eigenvalue weighted by atomic mass is 35.5. The highest BCUT2D eigenvalue weighted by Gasteiger charge is 2.47. The number of carbonyl (C=O) groups excluding carboxylic acids is 1. The quantitative estimate of drug-likeness (QED) is 0.506. The normalized spacial score (nSPS) is 17.6. The molecule has 11 heteroatoms. The maximum absolute atomic E-state index is 13.9. The maximum Gasteiger partial charge on any atom is 0.410 e. The third kappa shape index (κ3) is 4.56. The number of aromatic nitrogens is 2. The second kappa shape index (κ2) is 8.86. The second-order valence-corrected chi connectivity index (χ2v) is 7.85. The Balaban J connectivity index is 1.71. The lowest BCUT2D eigenvalue weighted by Crippen LogP contribution is -2.36. The molecule has 0 radical (unpaired) electrons. The molecule has 1 aromatic heterocycles. The van der Waals surface area contributed by atoms with Crippen LogP contribution < -0.4 is 20.1 Å². The first-order valence-corrected chi connectivity index (χ1v) is 10.3. The number of alkyl halides is 3. The summed E-state index contributed by atoms with van der Waals surface area (Å²) in [6.45, 7) is 0. The van der Waals surface area contributed by atoms with Gasteiger partial charge in [0.1, 0.15) is 22.9 Å². The van der Waals surface area contributed by atoms with Crippen LogP contribution in [0, 0.1) is 0 Å². The topological polar surface area (TPSA) is 77.4 Å². The molecule has 0 saturated carbocycles. The first kappa shape index (κ1) is 22.8. The van der Waals surface area contributed by atoms with Crippen LogP contribution in [0.3, 0.4) is 0 Å². The molecular formula is C22H20ClF3N4O3. The molecule has 174 valence electrons. The van der Waals surface area contributed by atoms with Gasteiger partial charge in [0.15, 0.2) is 6.04 Å². The van der Waals surface area contributed by atoms with Gasteiger partial charge >= 0.3 is 6.18 Å². The molecule has 1 amide bonds. The molecule has 0 spiro atoms. The number of hydrogen-bond donors (Lipinski definition) is 2. The van der Waals surface area contributed by atoms with E-state index < -0.39 is 24.2 Å². The minimum atomic E-state index is -4.57. The van der Waals surface area contributed by atoms with Crippen molar-refractivity contribution in [3.8, 4) is 11.5 Å². The summed E-state index contributed by atoms with van der Waals surface area (Å²) in [5.41, 5.74) is 0.834. The molecule has 0 aliphatic carbocycles. The summed E-state index contributed by atoms with van der Waals surface area (Å²) >= 11 is 6.01. The summed E-state index contributed by atoms with van der Waals surface area (Å²) in [5, 5.41) is 9.93. The summed E-state index contributed by atoms with van der Waals surface area (Å²) in [6, 6.07) is 8.78. The molecule has 0 fully saturated rings. The van der Waals surface area contributed by atoms with Crippen molar-refractivity contribution in [1.82, 2.24) is 9.78 Å². The van der Waals surface area contributed by atoms with Crippen LogP contribution in [0.25, 0.3) is 0 Å². The van der Waals surface area contributed by atoms with Gasteiger partial charge in [-0.1, -0.05) is 23.7 Å². The Morgan fingerprint density at radius 3 is 2.70 bits per heavy atom. The number of methoxy groups -OCH3 is 2. The largest absolute Gasteiger partial charge is 0.497 e. The number of nitrogens with one attached hydrogen (secondary N) is 2. The van der Waals surface area contributed by atoms with Gasteiger partial charge in [0.05, 0.1) is 32.1 Å². The van der Waals surface area contributed by atoms with E-state index in [1.54, 1.807) is 36.4 Å². The van der Waals surface area contributed by atoms with Crippen molar-refractivity contribution < 1.29 is 27.4 Å². The number of anilines is 2. The Labute approximate surface area is 192 Å². The van der Waals surface area contributed by atoms with Crippen LogP contribution in [0.1, 0.15) is 34.4 Å². The molecule has 0 unspecified atom stereocenters. The van der Waals surface area contributed by atoms with Crippen LogP contribution in [0.15, 0.2) is 48.7 Å². The van der Waals surface area contributed by atoms with Gasteiger partial charge in [-0.05, 0) is 35.9 Å². The highest BCUT2D eigenvalue weighted by Crippen LogP contribution is 2.44. The molecule has 1 aliphatic rings. The van der Waals surface area contributed by atoms with Crippen LogP contribution in [-0.4, -0.2) is 36.1 Å². The molecule has 7 nitrogen and oxygen atoms in total. The maximum atomic E-state index is 13.9. The summed E-state index contributed by atoms with van der Waals surface area (Å²) in [7, 11) is 2.91. The monoisotopic (exact) mass is 480 g/mol. The predicted octanol–water partition coefficient (Wildman–Crippen LogP) is 5.47. The SMILES string of the molecule is COc1cccc([C@H]2C[C@H](C(F)(F)F)n3ncc(C(=O)Nc4cc(Cl)ccc4OC)c3N2)c1. The van der Waals surface area contributed by atoms with Crippen molar-refractivity contribution in [2.45, 2.75) is 24.7 Å². The van der Waals surface area contributed by atoms with Gasteiger partial charge in [-0.2, -0.15) is 18.3 Å². The van der Waals surface area contributed by atoms with Gasteiger partial charge in [0, 0.05) is 11.4 Å². The van der Waals surface area contributed by atoms with Crippen molar-refractivity contribution in [2.75, 3.05) is 24.9 Å². The van der Waals surface area contributed by atoms with Gasteiger partial charge in [0.2, 0.25) is 0 Å². The van der Waals surface area contributed by atoms with E-state index in [0.29, 0.717) is 22.1 Å². The molecule has 0 bridgehead atoms. The number of carbonyl (C=O) groups is 1. The van der Waals surface area contributed by atoms with Crippen molar-refractivity contribution >= 4 is 29.0 Å². The van der Waals surface area contributed by atoms with Crippen molar-refractivity contribution in [1.29, 1.82) is 0 Å². The Bertz CT molecular complexity index is 1180. The van der Waals surface area contributed by atoms with E-state index in [-0.39, 0.29) is 23.5 Å². The zero-order valence-corrected chi connectivity index (χ0v) is 18.4. The Kier molecular flexibility index (Phi) is 6.11. The zero-order chi connectivity index (χ0) is 23.8. The first-order valence-electron chi connectivity index (χ1n) is 9.91. The van der Waals surface area contributed by atoms with E-state index in [2.05, 4.69) is 15.7 Å². The molecule has 2 heterocycles. The Morgan fingerprint density at radius 2 is 2.00 bits per heavy atom. The molecule has 2 atom stereocenters. The molecule has 2 aromatic carbocycles. The molecule has 2 N–H and O–H groups in total. The van der Waals surface area contributed by atoms with Gasteiger partial charge in [-0.3, -0.25) is 4.79 Å². The number of ether oxygens (including phenoxy) is 2. The predicted molar refractivity (Wildman–Crippen MR) is 117 cm³/mol. The number of benzene rings is 2. The van der Waals surface area contributed by atoms with Crippen LogP contribution in [0.4, 0.5) is 24.7 Å². The number of rotatable bonds is 5. The molecule has 1 aliphatic heterocycles. The molecule has 33 heavy (non-hydrogen) atoms. The van der Waals surface area contributed by atoms with E-state index in [9.17, 15) is 18.0 Å². The van der Waals surface area contributed by atoms with E-state index in [4.69, 9.17) is 21.1 Å². The Hall–Kier alpha value is -3.40. The third-order valence-electron chi connectivity index (χ3n) is 5.39. The lowest BCUT2D eigenvalue weighted by Gasteiger charge is -2.34. The second-order valence-electron chi connectivity index (χ2n) is 7.42. The zero-order valence-electron chi connectivity index (χ0n) is 17.6. The molecule has 0 saturated heterocycles. The molecule has 3 aromatic rings. The van der Waals surface area contributed by atoms with Crippen LogP contribution in [-0.2, 0) is 0 Å². The fourth-order valence-corrected chi connectivity index (χ4v) is 3.95. The number of hydrogen-bond acceptors (Lipinski definition) is 5. The first-order chi connectivity index (χ1) is 15.7. The van der Waals surface area contributed by atoms with E-state index in [0.717, 1.165) is 10.9 Å². The highest BCUT2D eigenvalue weighted by molar-refractivity contribution is 6.31. The lowest BCUT2D eigenvalue weighted by molar-refractivity contribution is -0.173. The van der Waals surface area contributed by atoms with Gasteiger partial charge in [-0.15, -0.1) is 0 Å². The standard InChI is InChI=1S/C22H20ClF3N4O3/c1-32-14-5-3-4-12(8-14)16-10-19(22(24,25)26)30-20(28-16)15(11-27-30)21(31)29-17-9-13(23)6-7-18(17)33-2/h3-9,11,16,19,28H,10H2,1-2H3,(H,29,31)/t16-,19-/m1/s1. The fourth-order valence-electron chi connectivity index (χ4n) is 3.77. The van der Waals surface area contributed by atoms with Crippen LogP contribution >= 0.6 is 11.6 Å². The lowest BCUT2D eigenvalue weighted by atomic mass is 9.96. The van der Waals surface area contributed by atoms with E-state index in [1.807, 2.05) is 0 Å². The number of halogens is 4. The smallest absolute Gasteiger partial charge is 0.410 e. The average Bonchev–Trinajstić information content (AvgIpc) is 3.22. The van der Waals surface area contributed by atoms with E-state index >= 15 is 0 Å². The fraction of sp³-hybridized carbons (Fsp3) is 0.273. The van der Waals surface area contributed by atoms with Crippen LogP contribution in [0.5, 0.6) is 11.5 Å². The minimum Gasteiger partial charge on any atom is -0.497 e. The number of fused-ring (bicyclic) bond motifs is 1. The van der Waals surface area contributed by atoms with Crippen molar-refractivity contribution in [2.24, 2.45) is 0 Å². The minimum absolute atomic E-state index is 0.0325. The van der Waals surface area contributed by atoms with E-state index in [1.165, 1.54) is 20.3 Å². The van der Waals surface area contributed by atoms with Crippen LogP contribution in [0.2, 0.25) is 5.02 Å². The van der Waals surface area contributed by atoms with Gasteiger partial charge < -0.3 is 20.1 Å². The molecule has 4 rings (SSSR count). The van der Waals surface area contributed by atoms with Crippen molar-refractivity contribution in [3.05, 3.63) is 64.8 Å². The van der Waals surface area contributed by atoms with Gasteiger partial charge in [-0.25, -0.2) is 4.68 Å². The average molecular weight is 481 g/mol. The van der Waals surface area contributed by atoms with Crippen molar-refractivity contribution in [3.63, 3.8) is 0 Å². The number of amides is 1. The number of nitrogens with zero attached hydrogens (tertiary/aromatic N) is 2. The summed E-state index contributed by atoms with van der Waals surface area (Å²) < 4.78 is 53.0. The third-order valence-corrected chi connectivity index (χ3v) is 5.62. The van der Waals surface area contributed by atoms with Gasteiger partial charge in [0.25, 0.3) is 5.91 Å². The Morgan fingerprint density at radius 1 is 1.21 bits per heavy atom.